The highest BCUT2D eigenvalue weighted by molar-refractivity contribution is 5.88. The van der Waals surface area contributed by atoms with E-state index in [0.29, 0.717) is 18.8 Å². The van der Waals surface area contributed by atoms with Crippen LogP contribution in [-0.2, 0) is 11.3 Å². The molecule has 0 aliphatic carbocycles. The molecule has 11 heteroatoms. The number of anilines is 1. The molecule has 2 aliphatic rings. The van der Waals surface area contributed by atoms with Crippen LogP contribution in [0.4, 0.5) is 15.4 Å². The third kappa shape index (κ3) is 8.27. The minimum absolute atomic E-state index is 0.120. The van der Waals surface area contributed by atoms with Crippen molar-refractivity contribution in [1.29, 1.82) is 0 Å². The molecular weight excluding hydrogens is 498 g/mol. The van der Waals surface area contributed by atoms with Gasteiger partial charge >= 0.3 is 17.8 Å². The molecule has 0 unspecified atom stereocenters. The number of urea groups is 1. The van der Waals surface area contributed by atoms with Gasteiger partial charge in [-0.25, -0.2) is 14.4 Å². The molecule has 3 heterocycles. The number of carbonyl (C=O) groups excluding carboxylic acids is 2. The molecule has 212 valence electrons. The molecule has 0 bridgehead atoms. The molecule has 1 aromatic heterocycles. The van der Waals surface area contributed by atoms with E-state index in [4.69, 9.17) is 4.74 Å². The van der Waals surface area contributed by atoms with Gasteiger partial charge in [0.25, 0.3) is 0 Å². The van der Waals surface area contributed by atoms with Crippen LogP contribution in [0.15, 0.2) is 41.3 Å². The summed E-state index contributed by atoms with van der Waals surface area (Å²) in [5, 5.41) is 9.09. The molecule has 3 amide bonds. The van der Waals surface area contributed by atoms with Gasteiger partial charge in [0, 0.05) is 57.0 Å². The fourth-order valence-electron chi connectivity index (χ4n) is 4.90. The zero-order chi connectivity index (χ0) is 28.2. The summed E-state index contributed by atoms with van der Waals surface area (Å²) in [6.07, 6.45) is 3.01. The largest absolute Gasteiger partial charge is 0.444 e. The second-order valence-corrected chi connectivity index (χ2v) is 12.0. The Morgan fingerprint density at radius 1 is 1.10 bits per heavy atom. The Morgan fingerprint density at radius 3 is 2.41 bits per heavy atom. The van der Waals surface area contributed by atoms with Gasteiger partial charge in [-0.3, -0.25) is 14.8 Å². The normalized spacial score (nSPS) is 18.4. The maximum atomic E-state index is 12.7. The number of hydrogen-bond donors (Lipinski definition) is 3. The van der Waals surface area contributed by atoms with Gasteiger partial charge in [-0.05, 0) is 71.2 Å². The Kier molecular flexibility index (Phi) is 8.60. The van der Waals surface area contributed by atoms with Gasteiger partial charge in [-0.15, -0.1) is 0 Å². The highest BCUT2D eigenvalue weighted by Crippen LogP contribution is 2.17. The molecule has 0 radical (unpaired) electrons. The number of likely N-dealkylation sites (tertiary alicyclic amines) is 1. The van der Waals surface area contributed by atoms with Crippen molar-refractivity contribution in [2.45, 2.75) is 71.2 Å². The maximum Gasteiger partial charge on any atom is 0.407 e. The number of nitrogens with one attached hydrogen (secondary N) is 3. The SMILES string of the molecule is CC1(C)CN(C(=O)Nc2ccn(-c3ccc(CN4CCC(NC(=O)OC(C)(C)C)CC4)cc3)c(=O)n2)CCN1. The zero-order valence-corrected chi connectivity index (χ0v) is 23.6. The number of nitrogens with zero attached hydrogens (tertiary/aromatic N) is 4. The standard InChI is InChI=1S/C28H41N7O4/c1-27(2,3)39-26(38)30-21-10-14-33(15-11-21)18-20-6-8-22(9-7-20)35-16-12-23(32-25(35)37)31-24(36)34-17-13-29-28(4,5)19-34/h6-9,12,16,21,29H,10-11,13-15,17-19H2,1-5H3,(H,30,38)(H,31,32,36,37). The topological polar surface area (TPSA) is 121 Å². The van der Waals surface area contributed by atoms with Crippen molar-refractivity contribution in [2.75, 3.05) is 38.0 Å². The molecule has 11 nitrogen and oxygen atoms in total. The van der Waals surface area contributed by atoms with E-state index in [2.05, 4.69) is 25.8 Å². The van der Waals surface area contributed by atoms with Crippen LogP contribution in [-0.4, -0.2) is 81.4 Å². The number of ether oxygens (including phenoxy) is 1. The Morgan fingerprint density at radius 2 is 1.79 bits per heavy atom. The molecule has 4 rings (SSSR count). The molecule has 2 fully saturated rings. The molecule has 2 aromatic rings. The van der Waals surface area contributed by atoms with Crippen molar-refractivity contribution in [2.24, 2.45) is 0 Å². The molecule has 39 heavy (non-hydrogen) atoms. The van der Waals surface area contributed by atoms with Crippen LogP contribution < -0.4 is 21.6 Å². The van der Waals surface area contributed by atoms with Gasteiger partial charge in [0.1, 0.15) is 11.4 Å². The predicted octanol–water partition coefficient (Wildman–Crippen LogP) is 2.94. The van der Waals surface area contributed by atoms with Gasteiger partial charge in [-0.2, -0.15) is 4.98 Å². The first-order valence-electron chi connectivity index (χ1n) is 13.6. The lowest BCUT2D eigenvalue weighted by Crippen LogP contribution is -2.59. The van der Waals surface area contributed by atoms with Crippen molar-refractivity contribution in [1.82, 2.24) is 30.0 Å². The number of aromatic nitrogens is 2. The lowest BCUT2D eigenvalue weighted by Gasteiger charge is -2.38. The van der Waals surface area contributed by atoms with E-state index in [1.165, 1.54) is 4.57 Å². The molecule has 0 spiro atoms. The summed E-state index contributed by atoms with van der Waals surface area (Å²) >= 11 is 0. The van der Waals surface area contributed by atoms with Crippen molar-refractivity contribution < 1.29 is 14.3 Å². The number of rotatable bonds is 5. The summed E-state index contributed by atoms with van der Waals surface area (Å²) in [5.74, 6) is 0.235. The summed E-state index contributed by atoms with van der Waals surface area (Å²) in [7, 11) is 0. The number of piperidine rings is 1. The Bertz CT molecular complexity index is 1210. The minimum Gasteiger partial charge on any atom is -0.444 e. The first-order chi connectivity index (χ1) is 18.4. The van der Waals surface area contributed by atoms with Crippen LogP contribution in [0.1, 0.15) is 53.0 Å². The first-order valence-corrected chi connectivity index (χ1v) is 13.6. The molecule has 2 saturated heterocycles. The third-order valence-electron chi connectivity index (χ3n) is 6.83. The fourth-order valence-corrected chi connectivity index (χ4v) is 4.90. The van der Waals surface area contributed by atoms with E-state index >= 15 is 0 Å². The smallest absolute Gasteiger partial charge is 0.407 e. The molecular formula is C28H41N7O4. The Balaban J connectivity index is 1.28. The monoisotopic (exact) mass is 539 g/mol. The van der Waals surface area contributed by atoms with Crippen molar-refractivity contribution >= 4 is 17.9 Å². The van der Waals surface area contributed by atoms with Gasteiger partial charge in [0.15, 0.2) is 0 Å². The molecule has 2 aliphatic heterocycles. The quantitative estimate of drug-likeness (QED) is 0.534. The van der Waals surface area contributed by atoms with Crippen LogP contribution in [0, 0.1) is 0 Å². The van der Waals surface area contributed by atoms with Crippen molar-refractivity contribution in [3.8, 4) is 5.69 Å². The van der Waals surface area contributed by atoms with E-state index in [0.717, 1.165) is 44.6 Å². The lowest BCUT2D eigenvalue weighted by atomic mass is 10.0. The second-order valence-electron chi connectivity index (χ2n) is 12.0. The molecule has 3 N–H and O–H groups in total. The summed E-state index contributed by atoms with van der Waals surface area (Å²) in [6.45, 7) is 14.1. The van der Waals surface area contributed by atoms with Crippen LogP contribution >= 0.6 is 0 Å². The van der Waals surface area contributed by atoms with Gasteiger partial charge < -0.3 is 20.3 Å². The van der Waals surface area contributed by atoms with Gasteiger partial charge in [0.05, 0.1) is 5.69 Å². The van der Waals surface area contributed by atoms with Crippen molar-refractivity contribution in [3.05, 3.63) is 52.6 Å². The Hall–Kier alpha value is -3.44. The van der Waals surface area contributed by atoms with Crippen LogP contribution in [0.3, 0.4) is 0 Å². The Labute approximate surface area is 229 Å². The van der Waals surface area contributed by atoms with E-state index in [9.17, 15) is 14.4 Å². The number of piperazine rings is 1. The molecule has 1 aromatic carbocycles. The number of amides is 3. The number of benzene rings is 1. The fraction of sp³-hybridized carbons (Fsp3) is 0.571. The second kappa shape index (κ2) is 11.7. The van der Waals surface area contributed by atoms with Crippen LogP contribution in [0.25, 0.3) is 5.69 Å². The highest BCUT2D eigenvalue weighted by Gasteiger charge is 2.29. The van der Waals surface area contributed by atoms with E-state index < -0.39 is 11.3 Å². The summed E-state index contributed by atoms with van der Waals surface area (Å²) in [4.78, 5) is 45.5. The number of carbonyl (C=O) groups is 2. The minimum atomic E-state index is -0.501. The highest BCUT2D eigenvalue weighted by atomic mass is 16.6. The summed E-state index contributed by atoms with van der Waals surface area (Å²) in [5.41, 5.74) is 0.729. The lowest BCUT2D eigenvalue weighted by molar-refractivity contribution is 0.0477. The van der Waals surface area contributed by atoms with E-state index in [1.807, 2.05) is 58.9 Å². The molecule has 0 atom stereocenters. The average Bonchev–Trinajstić information content (AvgIpc) is 2.84. The van der Waals surface area contributed by atoms with Crippen LogP contribution in [0.2, 0.25) is 0 Å². The van der Waals surface area contributed by atoms with Gasteiger partial charge in [-0.1, -0.05) is 12.1 Å². The zero-order valence-electron chi connectivity index (χ0n) is 23.6. The van der Waals surface area contributed by atoms with E-state index in [1.54, 1.807) is 17.2 Å². The van der Waals surface area contributed by atoms with Gasteiger partial charge in [0.2, 0.25) is 0 Å². The summed E-state index contributed by atoms with van der Waals surface area (Å²) < 4.78 is 6.82. The first kappa shape index (κ1) is 28.6. The molecule has 0 saturated carbocycles. The maximum absolute atomic E-state index is 12.7. The van der Waals surface area contributed by atoms with Crippen molar-refractivity contribution in [3.63, 3.8) is 0 Å². The number of hydrogen-bond acceptors (Lipinski definition) is 7. The number of alkyl carbamates (subject to hydrolysis) is 1. The van der Waals surface area contributed by atoms with E-state index in [-0.39, 0.29) is 29.5 Å². The predicted molar refractivity (Wildman–Crippen MR) is 150 cm³/mol. The summed E-state index contributed by atoms with van der Waals surface area (Å²) in [6, 6.07) is 9.31. The average molecular weight is 540 g/mol. The van der Waals surface area contributed by atoms with Crippen LogP contribution in [0.5, 0.6) is 0 Å². The third-order valence-corrected chi connectivity index (χ3v) is 6.83.